The van der Waals surface area contributed by atoms with Crippen LogP contribution in [0, 0.1) is 0 Å². The molecule has 0 amide bonds. The molecule has 0 aliphatic rings. The highest BCUT2D eigenvalue weighted by Gasteiger charge is 2.23. The highest BCUT2D eigenvalue weighted by molar-refractivity contribution is 6.30. The van der Waals surface area contributed by atoms with Crippen molar-refractivity contribution < 1.29 is 4.42 Å². The second-order valence-corrected chi connectivity index (χ2v) is 14.4. The first kappa shape index (κ1) is 31.5. The third-order valence-electron chi connectivity index (χ3n) is 11.1. The van der Waals surface area contributed by atoms with Crippen molar-refractivity contribution in [2.45, 2.75) is 0 Å². The Morgan fingerprint density at radius 3 is 1.54 bits per heavy atom. The van der Waals surface area contributed by atoms with Gasteiger partial charge >= 0.3 is 0 Å². The highest BCUT2D eigenvalue weighted by Crippen LogP contribution is 2.44. The first-order valence-electron chi connectivity index (χ1n) is 19.1. The van der Waals surface area contributed by atoms with Crippen LogP contribution in [-0.4, -0.2) is 24.1 Å². The van der Waals surface area contributed by atoms with E-state index in [0.717, 1.165) is 77.5 Å². The minimum absolute atomic E-state index is 0.613. The van der Waals surface area contributed by atoms with Gasteiger partial charge in [0.2, 0.25) is 0 Å². The lowest BCUT2D eigenvalue weighted by Gasteiger charge is -2.12. The Morgan fingerprint density at radius 1 is 0.316 bits per heavy atom. The summed E-state index contributed by atoms with van der Waals surface area (Å²) >= 11 is 0. The molecule has 0 N–H and O–H groups in total. The molecule has 0 atom stereocenters. The van der Waals surface area contributed by atoms with Gasteiger partial charge in [-0.15, -0.1) is 0 Å². The van der Waals surface area contributed by atoms with Crippen molar-refractivity contribution in [2.75, 3.05) is 0 Å². The number of aromatic nitrogens is 5. The number of rotatable bonds is 5. The van der Waals surface area contributed by atoms with E-state index >= 15 is 0 Å². The van der Waals surface area contributed by atoms with Crippen molar-refractivity contribution in [1.82, 2.24) is 24.1 Å². The average molecular weight is 730 g/mol. The Hall–Kier alpha value is -7.83. The SMILES string of the molecule is c1ccc(-c2nc(-c3ccccc3)nc(-c3cccc(-n4c5cc6c(cc5c5c7c8ccccc8n(-c8ccccc8)c7ccc54)oc4ccccc46)c3)n2)cc1. The van der Waals surface area contributed by atoms with E-state index in [9.17, 15) is 0 Å². The molecule has 0 unspecified atom stereocenters. The first-order valence-corrected chi connectivity index (χ1v) is 19.1. The first-order chi connectivity index (χ1) is 28.3. The second kappa shape index (κ2) is 12.3. The Kier molecular flexibility index (Phi) is 6.83. The van der Waals surface area contributed by atoms with Gasteiger partial charge in [-0.2, -0.15) is 0 Å². The number of nitrogens with zero attached hydrogens (tertiary/aromatic N) is 5. The summed E-state index contributed by atoms with van der Waals surface area (Å²) in [5.74, 6) is 1.88. The second-order valence-electron chi connectivity index (χ2n) is 14.4. The molecule has 57 heavy (non-hydrogen) atoms. The Labute approximate surface area is 326 Å². The van der Waals surface area contributed by atoms with Crippen LogP contribution < -0.4 is 0 Å². The summed E-state index contributed by atoms with van der Waals surface area (Å²) in [5.41, 5.74) is 11.2. The molecule has 12 rings (SSSR count). The molecule has 4 aromatic heterocycles. The average Bonchev–Trinajstić information content (AvgIpc) is 3.93. The van der Waals surface area contributed by atoms with Crippen molar-refractivity contribution in [3.63, 3.8) is 0 Å². The van der Waals surface area contributed by atoms with Gasteiger partial charge in [0, 0.05) is 60.4 Å². The maximum absolute atomic E-state index is 6.53. The van der Waals surface area contributed by atoms with Crippen LogP contribution in [0.3, 0.4) is 0 Å². The molecule has 0 spiro atoms. The van der Waals surface area contributed by atoms with Gasteiger partial charge in [0.05, 0.1) is 22.1 Å². The van der Waals surface area contributed by atoms with Gasteiger partial charge in [-0.3, -0.25) is 0 Å². The van der Waals surface area contributed by atoms with Crippen molar-refractivity contribution >= 4 is 65.6 Å². The molecule has 6 heteroatoms. The number of hydrogen-bond acceptors (Lipinski definition) is 4. The van der Waals surface area contributed by atoms with Crippen LogP contribution >= 0.6 is 0 Å². The maximum atomic E-state index is 6.53. The number of furan rings is 1. The third-order valence-corrected chi connectivity index (χ3v) is 11.1. The lowest BCUT2D eigenvalue weighted by atomic mass is 10.0. The molecular weight excluding hydrogens is 699 g/mol. The monoisotopic (exact) mass is 729 g/mol. The van der Waals surface area contributed by atoms with Crippen molar-refractivity contribution in [3.05, 3.63) is 188 Å². The Balaban J connectivity index is 1.16. The van der Waals surface area contributed by atoms with Gasteiger partial charge in [0.1, 0.15) is 11.2 Å². The van der Waals surface area contributed by atoms with Crippen molar-refractivity contribution in [1.29, 1.82) is 0 Å². The quantitative estimate of drug-likeness (QED) is 0.177. The molecule has 0 radical (unpaired) electrons. The summed E-state index contributed by atoms with van der Waals surface area (Å²) in [6.45, 7) is 0. The van der Waals surface area contributed by atoms with E-state index in [2.05, 4.69) is 124 Å². The van der Waals surface area contributed by atoms with Crippen LogP contribution in [0.2, 0.25) is 0 Å². The Bertz CT molecular complexity index is 3450. The fraction of sp³-hybridized carbons (Fsp3) is 0. The van der Waals surface area contributed by atoms with E-state index < -0.39 is 0 Å². The lowest BCUT2D eigenvalue weighted by Crippen LogP contribution is -2.01. The summed E-state index contributed by atoms with van der Waals surface area (Å²) in [5, 5.41) is 6.89. The van der Waals surface area contributed by atoms with Crippen molar-refractivity contribution in [3.8, 4) is 45.5 Å². The molecule has 8 aromatic carbocycles. The van der Waals surface area contributed by atoms with Crippen LogP contribution in [-0.2, 0) is 0 Å². The third kappa shape index (κ3) is 4.87. The summed E-state index contributed by atoms with van der Waals surface area (Å²) in [7, 11) is 0. The largest absolute Gasteiger partial charge is 0.456 e. The van der Waals surface area contributed by atoms with Crippen LogP contribution in [0.5, 0.6) is 0 Å². The maximum Gasteiger partial charge on any atom is 0.164 e. The zero-order valence-corrected chi connectivity index (χ0v) is 30.5. The molecule has 266 valence electrons. The molecule has 4 heterocycles. The van der Waals surface area contributed by atoms with Gasteiger partial charge in [-0.1, -0.05) is 127 Å². The van der Waals surface area contributed by atoms with Crippen LogP contribution in [0.25, 0.3) is 111 Å². The highest BCUT2D eigenvalue weighted by atomic mass is 16.3. The van der Waals surface area contributed by atoms with Crippen molar-refractivity contribution in [2.24, 2.45) is 0 Å². The molecular formula is C51H31N5O. The van der Waals surface area contributed by atoms with E-state index in [0.29, 0.717) is 17.5 Å². The molecule has 12 aromatic rings. The number of para-hydroxylation sites is 3. The van der Waals surface area contributed by atoms with E-state index in [1.165, 1.54) is 16.2 Å². The van der Waals surface area contributed by atoms with Gasteiger partial charge in [-0.05, 0) is 60.7 Å². The summed E-state index contributed by atoms with van der Waals surface area (Å²) < 4.78 is 11.3. The summed E-state index contributed by atoms with van der Waals surface area (Å²) in [6.07, 6.45) is 0. The number of benzene rings is 8. The normalized spacial score (nSPS) is 11.9. The van der Waals surface area contributed by atoms with Crippen LogP contribution in [0.4, 0.5) is 0 Å². The zero-order valence-electron chi connectivity index (χ0n) is 30.5. The molecule has 0 aliphatic heterocycles. The van der Waals surface area contributed by atoms with E-state index in [4.69, 9.17) is 19.4 Å². The fourth-order valence-corrected chi connectivity index (χ4v) is 8.64. The van der Waals surface area contributed by atoms with Gasteiger partial charge < -0.3 is 13.6 Å². The van der Waals surface area contributed by atoms with E-state index in [1.54, 1.807) is 0 Å². The van der Waals surface area contributed by atoms with E-state index in [1.807, 2.05) is 72.8 Å². The molecule has 0 saturated heterocycles. The molecule has 0 saturated carbocycles. The summed E-state index contributed by atoms with van der Waals surface area (Å²) in [6, 6.07) is 65.5. The summed E-state index contributed by atoms with van der Waals surface area (Å²) in [4.78, 5) is 15.1. The smallest absolute Gasteiger partial charge is 0.164 e. The van der Waals surface area contributed by atoms with Gasteiger partial charge in [0.15, 0.2) is 17.5 Å². The number of hydrogen-bond donors (Lipinski definition) is 0. The van der Waals surface area contributed by atoms with Crippen LogP contribution in [0.1, 0.15) is 0 Å². The molecule has 0 bridgehead atoms. The van der Waals surface area contributed by atoms with Gasteiger partial charge in [0.25, 0.3) is 0 Å². The predicted octanol–water partition coefficient (Wildman–Crippen LogP) is 13.0. The molecule has 0 aliphatic carbocycles. The minimum atomic E-state index is 0.613. The number of fused-ring (bicyclic) bond motifs is 10. The lowest BCUT2D eigenvalue weighted by molar-refractivity contribution is 0.669. The topological polar surface area (TPSA) is 61.7 Å². The fourth-order valence-electron chi connectivity index (χ4n) is 8.64. The Morgan fingerprint density at radius 2 is 0.842 bits per heavy atom. The zero-order chi connectivity index (χ0) is 37.5. The molecule has 0 fully saturated rings. The van der Waals surface area contributed by atoms with Gasteiger partial charge in [-0.25, -0.2) is 15.0 Å². The van der Waals surface area contributed by atoms with E-state index in [-0.39, 0.29) is 0 Å². The van der Waals surface area contributed by atoms with Crippen LogP contribution in [0.15, 0.2) is 192 Å². The standard InChI is InChI=1S/C51H31N5O/c1-4-15-32(16-5-1)49-52-50(33-17-6-2-7-18-33)54-51(53-49)34-19-14-22-36(29-34)56-43-28-27-42-47(38-24-10-12-25-41(38)55(42)35-20-8-3-9-21-35)48(43)40-31-46-39(30-44(40)56)37-23-11-13-26-45(37)57-46/h1-31H. The predicted molar refractivity (Wildman–Crippen MR) is 232 cm³/mol. The minimum Gasteiger partial charge on any atom is -0.456 e. The molecule has 6 nitrogen and oxygen atoms in total.